The fourth-order valence-corrected chi connectivity index (χ4v) is 1.82. The molecule has 62 valence electrons. The monoisotopic (exact) mass is 180 g/mol. The first-order valence-electron chi connectivity index (χ1n) is 3.24. The quantitative estimate of drug-likeness (QED) is 0.602. The summed E-state index contributed by atoms with van der Waals surface area (Å²) < 4.78 is 5.56. The molecule has 0 N–H and O–H groups in total. The van der Waals surface area contributed by atoms with Crippen LogP contribution in [-0.2, 0) is 4.74 Å². The molecule has 0 heterocycles. The second-order valence-electron chi connectivity index (χ2n) is 2.74. The molecule has 0 aromatic carbocycles. The maximum Gasteiger partial charge on any atom is 0.0925 e. The van der Waals surface area contributed by atoms with Crippen molar-refractivity contribution in [2.24, 2.45) is 0 Å². The Kier molecular flexibility index (Phi) is 5.68. The van der Waals surface area contributed by atoms with Crippen molar-refractivity contribution in [1.82, 2.24) is 0 Å². The number of ether oxygens (including phenoxy) is 1. The summed E-state index contributed by atoms with van der Waals surface area (Å²) >= 11 is 3.55. The van der Waals surface area contributed by atoms with Gasteiger partial charge in [0, 0.05) is 5.75 Å². The lowest BCUT2D eigenvalue weighted by molar-refractivity contribution is 0.0331. The van der Waals surface area contributed by atoms with Gasteiger partial charge in [0.2, 0.25) is 0 Å². The minimum Gasteiger partial charge on any atom is -0.364 e. The van der Waals surface area contributed by atoms with Crippen LogP contribution in [0, 0.1) is 0 Å². The summed E-state index contributed by atoms with van der Waals surface area (Å²) in [5.74, 6) is 1.86. The van der Waals surface area contributed by atoms with E-state index in [1.807, 2.05) is 11.8 Å². The van der Waals surface area contributed by atoms with E-state index < -0.39 is 0 Å². The number of thioether (sulfide) groups is 2. The van der Waals surface area contributed by atoms with Gasteiger partial charge in [-0.25, -0.2) is 0 Å². The van der Waals surface area contributed by atoms with E-state index in [9.17, 15) is 0 Å². The molecule has 0 atom stereocenters. The normalized spacial score (nSPS) is 12.0. The van der Waals surface area contributed by atoms with Gasteiger partial charge in [-0.2, -0.15) is 11.8 Å². The first kappa shape index (κ1) is 10.7. The molecule has 0 aromatic heterocycles. The largest absolute Gasteiger partial charge is 0.364 e. The van der Waals surface area contributed by atoms with E-state index in [0.29, 0.717) is 0 Å². The minimum atomic E-state index is 0.0441. The van der Waals surface area contributed by atoms with Crippen molar-refractivity contribution in [3.05, 3.63) is 0 Å². The van der Waals surface area contributed by atoms with Crippen LogP contribution in [0.15, 0.2) is 0 Å². The smallest absolute Gasteiger partial charge is 0.0925 e. The van der Waals surface area contributed by atoms with Gasteiger partial charge in [-0.05, 0) is 26.4 Å². The van der Waals surface area contributed by atoms with Crippen LogP contribution in [0.2, 0.25) is 0 Å². The van der Waals surface area contributed by atoms with Crippen molar-refractivity contribution in [3.8, 4) is 0 Å². The highest BCUT2D eigenvalue weighted by atomic mass is 32.2. The van der Waals surface area contributed by atoms with Crippen molar-refractivity contribution in [2.75, 3.05) is 24.2 Å². The van der Waals surface area contributed by atoms with Crippen LogP contribution < -0.4 is 0 Å². The van der Waals surface area contributed by atoms with E-state index in [2.05, 4.69) is 26.4 Å². The van der Waals surface area contributed by atoms with Crippen molar-refractivity contribution in [2.45, 2.75) is 19.4 Å². The zero-order chi connectivity index (χ0) is 8.04. The summed E-state index contributed by atoms with van der Waals surface area (Å²) in [5, 5.41) is 0. The summed E-state index contributed by atoms with van der Waals surface area (Å²) in [6, 6.07) is 0. The molecule has 1 nitrogen and oxygen atoms in total. The second-order valence-corrected chi connectivity index (χ2v) is 4.42. The lowest BCUT2D eigenvalue weighted by Crippen LogP contribution is -2.27. The minimum absolute atomic E-state index is 0.0441. The van der Waals surface area contributed by atoms with Crippen LogP contribution in [-0.4, -0.2) is 29.8 Å². The third-order valence-corrected chi connectivity index (χ3v) is 2.40. The molecule has 10 heavy (non-hydrogen) atoms. The molecule has 0 aromatic rings. The Hall–Kier alpha value is 0.660. The Labute approximate surface area is 72.3 Å². The van der Waals surface area contributed by atoms with Crippen LogP contribution in [0.1, 0.15) is 13.8 Å². The summed E-state index contributed by atoms with van der Waals surface area (Å²) in [4.78, 5) is 0. The molecule has 0 saturated heterocycles. The average molecular weight is 180 g/mol. The Morgan fingerprint density at radius 3 is 2.20 bits per heavy atom. The third-order valence-electron chi connectivity index (χ3n) is 1.06. The van der Waals surface area contributed by atoms with Crippen LogP contribution in [0.4, 0.5) is 0 Å². The van der Waals surface area contributed by atoms with Gasteiger partial charge in [-0.1, -0.05) is 0 Å². The molecule has 0 amide bonds. The molecule has 0 radical (unpaired) electrons. The Morgan fingerprint density at radius 1 is 1.20 bits per heavy atom. The number of rotatable bonds is 5. The highest BCUT2D eigenvalue weighted by Gasteiger charge is 2.16. The van der Waals surface area contributed by atoms with Gasteiger partial charge in [0.25, 0.3) is 0 Å². The molecule has 0 aliphatic carbocycles. The van der Waals surface area contributed by atoms with Crippen molar-refractivity contribution >= 4 is 23.5 Å². The third kappa shape index (κ3) is 5.45. The molecular formula is C7H16OS2. The molecule has 0 rings (SSSR count). The average Bonchev–Trinajstić information content (AvgIpc) is 1.84. The summed E-state index contributed by atoms with van der Waals surface area (Å²) in [6.45, 7) is 4.25. The number of hydrogen-bond acceptors (Lipinski definition) is 3. The summed E-state index contributed by atoms with van der Waals surface area (Å²) in [6.07, 6.45) is 4.15. The fraction of sp³-hybridized carbons (Fsp3) is 1.00. The van der Waals surface area contributed by atoms with Gasteiger partial charge < -0.3 is 4.74 Å². The Balaban J connectivity index is 3.42. The van der Waals surface area contributed by atoms with E-state index in [1.54, 1.807) is 11.8 Å². The van der Waals surface area contributed by atoms with Gasteiger partial charge in [0.15, 0.2) is 0 Å². The molecular weight excluding hydrogens is 164 g/mol. The standard InChI is InChI=1S/C7H16OS2/c1-7(2,5-9-3)8-6-10-4/h5-6H2,1-4H3. The van der Waals surface area contributed by atoms with E-state index in [1.165, 1.54) is 0 Å². The molecule has 0 aliphatic heterocycles. The predicted octanol–water partition coefficient (Wildman–Crippen LogP) is 2.47. The van der Waals surface area contributed by atoms with Crippen LogP contribution in [0.25, 0.3) is 0 Å². The summed E-state index contributed by atoms with van der Waals surface area (Å²) in [7, 11) is 0. The van der Waals surface area contributed by atoms with Gasteiger partial charge in [0.05, 0.1) is 11.5 Å². The zero-order valence-electron chi connectivity index (χ0n) is 7.14. The molecule has 0 aliphatic rings. The predicted molar refractivity (Wildman–Crippen MR) is 51.9 cm³/mol. The van der Waals surface area contributed by atoms with Gasteiger partial charge >= 0.3 is 0 Å². The maximum absolute atomic E-state index is 5.56. The molecule has 0 spiro atoms. The lowest BCUT2D eigenvalue weighted by Gasteiger charge is -2.23. The Morgan fingerprint density at radius 2 is 1.80 bits per heavy atom. The highest BCUT2D eigenvalue weighted by molar-refractivity contribution is 7.98. The molecule has 0 bridgehead atoms. The van der Waals surface area contributed by atoms with Crippen molar-refractivity contribution in [3.63, 3.8) is 0 Å². The molecule has 0 fully saturated rings. The fourth-order valence-electron chi connectivity index (χ4n) is 0.608. The van der Waals surface area contributed by atoms with Gasteiger partial charge in [-0.15, -0.1) is 11.8 Å². The van der Waals surface area contributed by atoms with E-state index in [0.717, 1.165) is 11.7 Å². The highest BCUT2D eigenvalue weighted by Crippen LogP contribution is 2.16. The van der Waals surface area contributed by atoms with Crippen molar-refractivity contribution < 1.29 is 4.74 Å². The molecule has 3 heteroatoms. The lowest BCUT2D eigenvalue weighted by atomic mass is 10.2. The van der Waals surface area contributed by atoms with Crippen LogP contribution >= 0.6 is 23.5 Å². The number of hydrogen-bond donors (Lipinski definition) is 0. The van der Waals surface area contributed by atoms with E-state index in [-0.39, 0.29) is 5.60 Å². The maximum atomic E-state index is 5.56. The van der Waals surface area contributed by atoms with E-state index in [4.69, 9.17) is 4.74 Å². The SMILES string of the molecule is CSCOC(C)(C)CSC. The van der Waals surface area contributed by atoms with Crippen LogP contribution in [0.5, 0.6) is 0 Å². The zero-order valence-corrected chi connectivity index (χ0v) is 8.77. The van der Waals surface area contributed by atoms with Crippen molar-refractivity contribution in [1.29, 1.82) is 0 Å². The van der Waals surface area contributed by atoms with E-state index >= 15 is 0 Å². The summed E-state index contributed by atoms with van der Waals surface area (Å²) in [5.41, 5.74) is 0.0441. The van der Waals surface area contributed by atoms with Gasteiger partial charge in [0.1, 0.15) is 0 Å². The van der Waals surface area contributed by atoms with Gasteiger partial charge in [-0.3, -0.25) is 0 Å². The Bertz CT molecular complexity index is 83.7. The molecule has 0 saturated carbocycles. The first-order chi connectivity index (χ1) is 4.62. The molecule has 0 unspecified atom stereocenters. The topological polar surface area (TPSA) is 9.23 Å². The van der Waals surface area contributed by atoms with Crippen LogP contribution in [0.3, 0.4) is 0 Å². The first-order valence-corrected chi connectivity index (χ1v) is 6.03. The second kappa shape index (κ2) is 5.33.